The van der Waals surface area contributed by atoms with E-state index in [1.54, 1.807) is 18.2 Å². The van der Waals surface area contributed by atoms with Crippen molar-refractivity contribution in [3.05, 3.63) is 83.1 Å². The van der Waals surface area contributed by atoms with Crippen LogP contribution in [0.25, 0.3) is 0 Å². The number of ether oxygens (including phenoxy) is 1. The lowest BCUT2D eigenvalue weighted by Gasteiger charge is -2.06. The summed E-state index contributed by atoms with van der Waals surface area (Å²) in [6.45, 7) is 4.00. The monoisotopic (exact) mass is 339 g/mol. The van der Waals surface area contributed by atoms with Crippen LogP contribution in [0.1, 0.15) is 27.4 Å². The standard InChI is InChI=1S/C20H18FNO3/c1-13-4-3-5-15(10-13)24-12-16-7-9-19(25-16)20(23)22-18-11-14(2)6-8-17(18)21/h3-11H,12H2,1-2H3,(H,22,23). The summed E-state index contributed by atoms with van der Waals surface area (Å²) in [4.78, 5) is 12.2. The number of nitrogens with one attached hydrogen (secondary N) is 1. The van der Waals surface area contributed by atoms with E-state index >= 15 is 0 Å². The van der Waals surface area contributed by atoms with E-state index in [4.69, 9.17) is 9.15 Å². The zero-order chi connectivity index (χ0) is 17.8. The maximum absolute atomic E-state index is 13.7. The molecule has 0 fully saturated rings. The Morgan fingerprint density at radius 1 is 1.08 bits per heavy atom. The molecule has 2 aromatic carbocycles. The summed E-state index contributed by atoms with van der Waals surface area (Å²) in [5, 5.41) is 2.51. The minimum absolute atomic E-state index is 0.101. The number of hydrogen-bond donors (Lipinski definition) is 1. The van der Waals surface area contributed by atoms with Gasteiger partial charge in [0.25, 0.3) is 5.91 Å². The van der Waals surface area contributed by atoms with Gasteiger partial charge in [-0.25, -0.2) is 4.39 Å². The van der Waals surface area contributed by atoms with Gasteiger partial charge >= 0.3 is 0 Å². The maximum Gasteiger partial charge on any atom is 0.291 e. The Balaban J connectivity index is 1.64. The van der Waals surface area contributed by atoms with Gasteiger partial charge in [-0.2, -0.15) is 0 Å². The molecule has 0 unspecified atom stereocenters. The molecule has 0 bridgehead atoms. The highest BCUT2D eigenvalue weighted by molar-refractivity contribution is 6.02. The predicted octanol–water partition coefficient (Wildman–Crippen LogP) is 4.87. The third-order valence-electron chi connectivity index (χ3n) is 3.63. The molecule has 3 rings (SSSR count). The summed E-state index contributed by atoms with van der Waals surface area (Å²) in [6, 6.07) is 15.4. The second-order valence-electron chi connectivity index (χ2n) is 5.81. The number of aryl methyl sites for hydroxylation is 2. The van der Waals surface area contributed by atoms with Crippen molar-refractivity contribution < 1.29 is 18.3 Å². The van der Waals surface area contributed by atoms with Crippen molar-refractivity contribution in [2.75, 3.05) is 5.32 Å². The van der Waals surface area contributed by atoms with Crippen LogP contribution >= 0.6 is 0 Å². The fraction of sp³-hybridized carbons (Fsp3) is 0.150. The molecule has 3 aromatic rings. The Morgan fingerprint density at radius 3 is 2.68 bits per heavy atom. The molecule has 1 N–H and O–H groups in total. The molecule has 1 amide bonds. The lowest BCUT2D eigenvalue weighted by molar-refractivity contribution is 0.0992. The van der Waals surface area contributed by atoms with Crippen molar-refractivity contribution >= 4 is 11.6 Å². The number of furan rings is 1. The normalized spacial score (nSPS) is 10.5. The first-order valence-electron chi connectivity index (χ1n) is 7.87. The molecule has 4 nitrogen and oxygen atoms in total. The number of hydrogen-bond acceptors (Lipinski definition) is 3. The first-order chi connectivity index (χ1) is 12.0. The van der Waals surface area contributed by atoms with Crippen LogP contribution in [0, 0.1) is 19.7 Å². The van der Waals surface area contributed by atoms with Crippen LogP contribution in [-0.4, -0.2) is 5.91 Å². The van der Waals surface area contributed by atoms with Crippen LogP contribution in [0.4, 0.5) is 10.1 Å². The molecule has 0 aliphatic rings. The van der Waals surface area contributed by atoms with Crippen molar-refractivity contribution in [3.8, 4) is 5.75 Å². The van der Waals surface area contributed by atoms with Crippen molar-refractivity contribution in [2.24, 2.45) is 0 Å². The number of amides is 1. The van der Waals surface area contributed by atoms with Crippen molar-refractivity contribution in [1.29, 1.82) is 0 Å². The van der Waals surface area contributed by atoms with Crippen LogP contribution in [0.3, 0.4) is 0 Å². The first-order valence-corrected chi connectivity index (χ1v) is 7.87. The first kappa shape index (κ1) is 16.8. The number of carbonyl (C=O) groups is 1. The summed E-state index contributed by atoms with van der Waals surface area (Å²) in [5.74, 6) is 0.337. The van der Waals surface area contributed by atoms with Gasteiger partial charge in [-0.15, -0.1) is 0 Å². The Bertz CT molecular complexity index is 901. The highest BCUT2D eigenvalue weighted by Gasteiger charge is 2.14. The van der Waals surface area contributed by atoms with Crippen LogP contribution in [0.15, 0.2) is 59.0 Å². The van der Waals surface area contributed by atoms with Gasteiger partial charge in [0.2, 0.25) is 0 Å². The molecule has 25 heavy (non-hydrogen) atoms. The van der Waals surface area contributed by atoms with Crippen LogP contribution in [0.2, 0.25) is 0 Å². The van der Waals surface area contributed by atoms with Crippen molar-refractivity contribution in [2.45, 2.75) is 20.5 Å². The molecule has 0 radical (unpaired) electrons. The van der Waals surface area contributed by atoms with E-state index in [9.17, 15) is 9.18 Å². The number of carbonyl (C=O) groups excluding carboxylic acids is 1. The van der Waals surface area contributed by atoms with E-state index in [1.807, 2.05) is 38.1 Å². The highest BCUT2D eigenvalue weighted by Crippen LogP contribution is 2.19. The fourth-order valence-electron chi connectivity index (χ4n) is 2.36. The summed E-state index contributed by atoms with van der Waals surface area (Å²) >= 11 is 0. The van der Waals surface area contributed by atoms with Gasteiger partial charge in [0.15, 0.2) is 5.76 Å². The average Bonchev–Trinajstić information content (AvgIpc) is 3.05. The predicted molar refractivity (Wildman–Crippen MR) is 93.3 cm³/mol. The smallest absolute Gasteiger partial charge is 0.291 e. The van der Waals surface area contributed by atoms with E-state index in [0.29, 0.717) is 5.76 Å². The molecule has 0 spiro atoms. The van der Waals surface area contributed by atoms with Gasteiger partial charge in [-0.1, -0.05) is 18.2 Å². The Hall–Kier alpha value is -3.08. The lowest BCUT2D eigenvalue weighted by Crippen LogP contribution is -2.12. The van der Waals surface area contributed by atoms with Gasteiger partial charge in [0.1, 0.15) is 23.9 Å². The Labute approximate surface area is 145 Å². The highest BCUT2D eigenvalue weighted by atomic mass is 19.1. The molecule has 128 valence electrons. The molecule has 0 saturated carbocycles. The van der Waals surface area contributed by atoms with E-state index in [-0.39, 0.29) is 18.1 Å². The molecular formula is C20H18FNO3. The van der Waals surface area contributed by atoms with Crippen LogP contribution < -0.4 is 10.1 Å². The zero-order valence-electron chi connectivity index (χ0n) is 14.0. The molecule has 1 aromatic heterocycles. The fourth-order valence-corrected chi connectivity index (χ4v) is 2.36. The molecule has 0 aliphatic carbocycles. The molecular weight excluding hydrogens is 321 g/mol. The minimum Gasteiger partial charge on any atom is -0.486 e. The van der Waals surface area contributed by atoms with E-state index < -0.39 is 11.7 Å². The lowest BCUT2D eigenvalue weighted by atomic mass is 10.2. The van der Waals surface area contributed by atoms with Crippen molar-refractivity contribution in [3.63, 3.8) is 0 Å². The molecule has 0 aliphatic heterocycles. The van der Waals surface area contributed by atoms with Crippen LogP contribution in [0.5, 0.6) is 5.75 Å². The summed E-state index contributed by atoms with van der Waals surface area (Å²) in [5.41, 5.74) is 2.07. The maximum atomic E-state index is 13.7. The number of halogens is 1. The largest absolute Gasteiger partial charge is 0.486 e. The molecule has 1 heterocycles. The molecule has 0 atom stereocenters. The van der Waals surface area contributed by atoms with Gasteiger partial charge in [0, 0.05) is 0 Å². The second kappa shape index (κ2) is 7.21. The zero-order valence-corrected chi connectivity index (χ0v) is 14.0. The van der Waals surface area contributed by atoms with E-state index in [0.717, 1.165) is 16.9 Å². The Morgan fingerprint density at radius 2 is 1.88 bits per heavy atom. The van der Waals surface area contributed by atoms with Gasteiger partial charge in [-0.05, 0) is 61.4 Å². The Kier molecular flexibility index (Phi) is 4.84. The summed E-state index contributed by atoms with van der Waals surface area (Å²) in [7, 11) is 0. The summed E-state index contributed by atoms with van der Waals surface area (Å²) < 4.78 is 24.8. The van der Waals surface area contributed by atoms with Crippen molar-refractivity contribution in [1.82, 2.24) is 0 Å². The molecule has 5 heteroatoms. The van der Waals surface area contributed by atoms with Gasteiger partial charge in [-0.3, -0.25) is 4.79 Å². The third-order valence-corrected chi connectivity index (χ3v) is 3.63. The number of rotatable bonds is 5. The van der Waals surface area contributed by atoms with Gasteiger partial charge in [0.05, 0.1) is 5.69 Å². The average molecular weight is 339 g/mol. The van der Waals surface area contributed by atoms with E-state index in [2.05, 4.69) is 5.32 Å². The SMILES string of the molecule is Cc1cccc(OCc2ccc(C(=O)Nc3cc(C)ccc3F)o2)c1. The van der Waals surface area contributed by atoms with Crippen LogP contribution in [-0.2, 0) is 6.61 Å². The minimum atomic E-state index is -0.508. The summed E-state index contributed by atoms with van der Waals surface area (Å²) in [6.07, 6.45) is 0. The quantitative estimate of drug-likeness (QED) is 0.722. The number of benzene rings is 2. The third kappa shape index (κ3) is 4.26. The topological polar surface area (TPSA) is 51.5 Å². The van der Waals surface area contributed by atoms with Gasteiger partial charge < -0.3 is 14.5 Å². The molecule has 0 saturated heterocycles. The van der Waals surface area contributed by atoms with E-state index in [1.165, 1.54) is 12.1 Å². The second-order valence-corrected chi connectivity index (χ2v) is 5.81. The number of anilines is 1.